The van der Waals surface area contributed by atoms with E-state index in [0.717, 1.165) is 17.0 Å². The first-order chi connectivity index (χ1) is 13.0. The van der Waals surface area contributed by atoms with Crippen molar-refractivity contribution >= 4 is 17.5 Å². The van der Waals surface area contributed by atoms with Crippen molar-refractivity contribution in [2.45, 2.75) is 27.3 Å². The Bertz CT molecular complexity index is 970. The predicted octanol–water partition coefficient (Wildman–Crippen LogP) is 3.26. The van der Waals surface area contributed by atoms with Crippen LogP contribution >= 0.6 is 11.6 Å². The van der Waals surface area contributed by atoms with Gasteiger partial charge in [0.05, 0.1) is 17.3 Å². The molecule has 7 nitrogen and oxygen atoms in total. The number of hydrogen-bond acceptors (Lipinski definition) is 5. The molecule has 0 saturated carbocycles. The summed E-state index contributed by atoms with van der Waals surface area (Å²) < 4.78 is 7.15. The van der Waals surface area contributed by atoms with Crippen molar-refractivity contribution in [3.05, 3.63) is 64.2 Å². The van der Waals surface area contributed by atoms with Crippen molar-refractivity contribution in [3.63, 3.8) is 0 Å². The molecule has 0 aliphatic heterocycles. The van der Waals surface area contributed by atoms with Crippen LogP contribution in [0.15, 0.2) is 36.5 Å². The minimum absolute atomic E-state index is 0.142. The number of aryl methyl sites for hydroxylation is 2. The van der Waals surface area contributed by atoms with E-state index in [4.69, 9.17) is 16.3 Å². The summed E-state index contributed by atoms with van der Waals surface area (Å²) in [5.74, 6) is 0.650. The maximum absolute atomic E-state index is 12.6. The zero-order valence-electron chi connectivity index (χ0n) is 15.4. The normalized spacial score (nSPS) is 10.7. The molecule has 3 aromatic rings. The molecule has 8 heteroatoms. The first-order valence-electron chi connectivity index (χ1n) is 8.54. The van der Waals surface area contributed by atoms with E-state index in [2.05, 4.69) is 20.4 Å². The molecule has 0 atom stereocenters. The molecule has 0 fully saturated rings. The highest BCUT2D eigenvalue weighted by Crippen LogP contribution is 2.19. The molecule has 3 rings (SSSR count). The molecule has 0 radical (unpaired) electrons. The fraction of sp³-hybridized carbons (Fsp3) is 0.263. The predicted molar refractivity (Wildman–Crippen MR) is 102 cm³/mol. The summed E-state index contributed by atoms with van der Waals surface area (Å²) in [5.41, 5.74) is 2.71. The lowest BCUT2D eigenvalue weighted by Crippen LogP contribution is -2.25. The zero-order chi connectivity index (χ0) is 19.4. The molecule has 3 heterocycles. The monoisotopic (exact) mass is 385 g/mol. The molecule has 0 unspecified atom stereocenters. The van der Waals surface area contributed by atoms with Crippen LogP contribution in [-0.4, -0.2) is 32.3 Å². The number of hydrogen-bond donors (Lipinski definition) is 1. The number of halogens is 1. The first-order valence-corrected chi connectivity index (χ1v) is 8.92. The van der Waals surface area contributed by atoms with E-state index in [0.29, 0.717) is 18.3 Å². The Labute approximate surface area is 162 Å². The van der Waals surface area contributed by atoms with Crippen molar-refractivity contribution in [1.29, 1.82) is 0 Å². The number of nitrogens with one attached hydrogen (secondary N) is 1. The van der Waals surface area contributed by atoms with Crippen molar-refractivity contribution in [2.75, 3.05) is 6.61 Å². The first kappa shape index (κ1) is 18.8. The second kappa shape index (κ2) is 8.18. The molecule has 0 aliphatic rings. The van der Waals surface area contributed by atoms with Crippen LogP contribution in [0.4, 0.5) is 0 Å². The molecule has 0 spiro atoms. The summed E-state index contributed by atoms with van der Waals surface area (Å²) in [6.07, 6.45) is 1.65. The van der Waals surface area contributed by atoms with Gasteiger partial charge in [0.1, 0.15) is 5.69 Å². The standard InChI is InChI=1S/C19H20ClN5O2/c1-4-27-19-14(6-5-9-21-19)11-22-18(26)17-15(20)7-8-16(23-17)25-13(3)10-12(2)24-25/h5-10H,4,11H2,1-3H3,(H,22,26). The quantitative estimate of drug-likeness (QED) is 0.704. The largest absolute Gasteiger partial charge is 0.478 e. The third-order valence-electron chi connectivity index (χ3n) is 3.84. The zero-order valence-corrected chi connectivity index (χ0v) is 16.1. The van der Waals surface area contributed by atoms with E-state index in [9.17, 15) is 4.79 Å². The van der Waals surface area contributed by atoms with Gasteiger partial charge in [0.25, 0.3) is 5.91 Å². The fourth-order valence-corrected chi connectivity index (χ4v) is 2.85. The van der Waals surface area contributed by atoms with Gasteiger partial charge in [-0.15, -0.1) is 0 Å². The Balaban J connectivity index is 1.81. The van der Waals surface area contributed by atoms with E-state index in [1.165, 1.54) is 0 Å². The van der Waals surface area contributed by atoms with Gasteiger partial charge < -0.3 is 10.1 Å². The molecule has 1 N–H and O–H groups in total. The molecule has 0 aromatic carbocycles. The topological polar surface area (TPSA) is 81.9 Å². The molecule has 0 bridgehead atoms. The Morgan fingerprint density at radius 3 is 2.81 bits per heavy atom. The second-order valence-corrected chi connectivity index (χ2v) is 6.33. The van der Waals surface area contributed by atoms with Crippen LogP contribution in [0.3, 0.4) is 0 Å². The highest BCUT2D eigenvalue weighted by molar-refractivity contribution is 6.33. The second-order valence-electron chi connectivity index (χ2n) is 5.92. The van der Waals surface area contributed by atoms with Crippen LogP contribution < -0.4 is 10.1 Å². The summed E-state index contributed by atoms with van der Waals surface area (Å²) in [5, 5.41) is 7.48. The van der Waals surface area contributed by atoms with Crippen LogP contribution in [0.2, 0.25) is 5.02 Å². The van der Waals surface area contributed by atoms with Crippen LogP contribution in [0, 0.1) is 13.8 Å². The van der Waals surface area contributed by atoms with Crippen LogP contribution in [-0.2, 0) is 6.54 Å². The number of pyridine rings is 2. The lowest BCUT2D eigenvalue weighted by molar-refractivity contribution is 0.0945. The number of nitrogens with zero attached hydrogens (tertiary/aromatic N) is 4. The fourth-order valence-electron chi connectivity index (χ4n) is 2.65. The van der Waals surface area contributed by atoms with E-state index >= 15 is 0 Å². The van der Waals surface area contributed by atoms with Gasteiger partial charge in [0.15, 0.2) is 5.82 Å². The number of rotatable bonds is 6. The van der Waals surface area contributed by atoms with E-state index in [1.807, 2.05) is 32.9 Å². The maximum atomic E-state index is 12.6. The molecule has 140 valence electrons. The van der Waals surface area contributed by atoms with Gasteiger partial charge in [0.2, 0.25) is 5.88 Å². The van der Waals surface area contributed by atoms with Gasteiger partial charge in [-0.3, -0.25) is 4.79 Å². The van der Waals surface area contributed by atoms with Crippen molar-refractivity contribution in [2.24, 2.45) is 0 Å². The molecule has 3 aromatic heterocycles. The summed E-state index contributed by atoms with van der Waals surface area (Å²) in [4.78, 5) is 21.2. The highest BCUT2D eigenvalue weighted by atomic mass is 35.5. The summed E-state index contributed by atoms with van der Waals surface area (Å²) in [6.45, 7) is 6.45. The van der Waals surface area contributed by atoms with Gasteiger partial charge in [0, 0.05) is 24.0 Å². The molecule has 1 amide bonds. The van der Waals surface area contributed by atoms with Crippen LogP contribution in [0.5, 0.6) is 5.88 Å². The minimum Gasteiger partial charge on any atom is -0.478 e. The SMILES string of the molecule is CCOc1ncccc1CNC(=O)c1nc(-n2nc(C)cc2C)ccc1Cl. The number of carbonyl (C=O) groups excluding carboxylic acids is 1. The minimum atomic E-state index is -0.380. The van der Waals surface area contributed by atoms with E-state index in [-0.39, 0.29) is 23.2 Å². The van der Waals surface area contributed by atoms with Gasteiger partial charge in [-0.25, -0.2) is 14.6 Å². The van der Waals surface area contributed by atoms with Crippen molar-refractivity contribution in [1.82, 2.24) is 25.1 Å². The Morgan fingerprint density at radius 2 is 2.11 bits per heavy atom. The van der Waals surface area contributed by atoms with Crippen molar-refractivity contribution < 1.29 is 9.53 Å². The summed E-state index contributed by atoms with van der Waals surface area (Å²) >= 11 is 6.20. The highest BCUT2D eigenvalue weighted by Gasteiger charge is 2.16. The number of carbonyl (C=O) groups is 1. The third kappa shape index (κ3) is 4.25. The lowest BCUT2D eigenvalue weighted by atomic mass is 10.2. The summed E-state index contributed by atoms with van der Waals surface area (Å²) in [7, 11) is 0. The molecule has 27 heavy (non-hydrogen) atoms. The van der Waals surface area contributed by atoms with Crippen molar-refractivity contribution in [3.8, 4) is 11.7 Å². The number of aromatic nitrogens is 4. The molecule has 0 aliphatic carbocycles. The van der Waals surface area contributed by atoms with E-state index in [1.54, 1.807) is 29.1 Å². The van der Waals surface area contributed by atoms with E-state index < -0.39 is 0 Å². The third-order valence-corrected chi connectivity index (χ3v) is 4.15. The molecular weight excluding hydrogens is 366 g/mol. The Morgan fingerprint density at radius 1 is 1.30 bits per heavy atom. The summed E-state index contributed by atoms with van der Waals surface area (Å²) in [6, 6.07) is 8.95. The van der Waals surface area contributed by atoms with Crippen LogP contribution in [0.25, 0.3) is 5.82 Å². The van der Waals surface area contributed by atoms with Gasteiger partial charge in [-0.1, -0.05) is 17.7 Å². The smallest absolute Gasteiger partial charge is 0.271 e. The number of ether oxygens (including phenoxy) is 1. The lowest BCUT2D eigenvalue weighted by Gasteiger charge is -2.11. The average molecular weight is 386 g/mol. The van der Waals surface area contributed by atoms with Gasteiger partial charge in [-0.05, 0) is 45.0 Å². The maximum Gasteiger partial charge on any atom is 0.271 e. The van der Waals surface area contributed by atoms with Gasteiger partial charge >= 0.3 is 0 Å². The van der Waals surface area contributed by atoms with Crippen LogP contribution in [0.1, 0.15) is 34.4 Å². The number of amides is 1. The molecular formula is C19H20ClN5O2. The Kier molecular flexibility index (Phi) is 5.71. The average Bonchev–Trinajstić information content (AvgIpc) is 2.99. The Hall–Kier alpha value is -2.93. The van der Waals surface area contributed by atoms with Gasteiger partial charge in [-0.2, -0.15) is 5.10 Å². The molecule has 0 saturated heterocycles.